The number of pyridine rings is 1. The Morgan fingerprint density at radius 3 is 2.57 bits per heavy atom. The molecular formula is C32H39N5O5. The van der Waals surface area contributed by atoms with Crippen LogP contribution in [0, 0.1) is 5.92 Å². The Kier molecular flexibility index (Phi) is 10.5. The van der Waals surface area contributed by atoms with Crippen molar-refractivity contribution in [1.82, 2.24) is 25.2 Å². The molecule has 0 spiro atoms. The summed E-state index contributed by atoms with van der Waals surface area (Å²) in [4.78, 5) is 39.2. The molecule has 1 aliphatic rings. The van der Waals surface area contributed by atoms with Crippen LogP contribution in [0.4, 0.5) is 0 Å². The number of hydrogen-bond donors (Lipinski definition) is 2. The van der Waals surface area contributed by atoms with Gasteiger partial charge in [0.15, 0.2) is 5.65 Å². The second kappa shape index (κ2) is 14.5. The summed E-state index contributed by atoms with van der Waals surface area (Å²) >= 11 is 0. The molecular weight excluding hydrogens is 534 g/mol. The van der Waals surface area contributed by atoms with Crippen LogP contribution in [-0.2, 0) is 14.3 Å². The lowest BCUT2D eigenvalue weighted by Gasteiger charge is -2.31. The van der Waals surface area contributed by atoms with E-state index in [4.69, 9.17) is 14.2 Å². The molecule has 0 radical (unpaired) electrons. The van der Waals surface area contributed by atoms with Crippen molar-refractivity contribution in [3.05, 3.63) is 72.2 Å². The van der Waals surface area contributed by atoms with Crippen LogP contribution in [0.1, 0.15) is 33.6 Å². The molecule has 1 atom stereocenters. The van der Waals surface area contributed by atoms with E-state index in [1.54, 1.807) is 43.5 Å². The Balaban J connectivity index is 1.52. The highest BCUT2D eigenvalue weighted by molar-refractivity contribution is 5.96. The molecule has 1 aromatic carbocycles. The number of hydrogen-bond acceptors (Lipinski definition) is 7. The lowest BCUT2D eigenvalue weighted by Crippen LogP contribution is -2.42. The Hall–Kier alpha value is -4.44. The van der Waals surface area contributed by atoms with Gasteiger partial charge in [0.2, 0.25) is 5.91 Å². The van der Waals surface area contributed by atoms with Crippen LogP contribution in [0.25, 0.3) is 22.6 Å². The van der Waals surface area contributed by atoms with E-state index in [0.29, 0.717) is 66.8 Å². The van der Waals surface area contributed by atoms with Crippen molar-refractivity contribution in [2.75, 3.05) is 33.9 Å². The van der Waals surface area contributed by atoms with Gasteiger partial charge in [0.05, 0.1) is 12.1 Å². The summed E-state index contributed by atoms with van der Waals surface area (Å²) in [6.45, 7) is 7.15. The third-order valence-corrected chi connectivity index (χ3v) is 7.05. The minimum absolute atomic E-state index is 0.0332. The summed E-state index contributed by atoms with van der Waals surface area (Å²) < 4.78 is 17.6. The number of nitrogens with zero attached hydrogens (tertiary/aromatic N) is 3. The number of carbonyl (C=O) groups is 2. The van der Waals surface area contributed by atoms with Crippen molar-refractivity contribution in [1.29, 1.82) is 0 Å². The number of H-pyrrole nitrogens is 1. The number of methoxy groups -OCH3 is 1. The van der Waals surface area contributed by atoms with Crippen molar-refractivity contribution < 1.29 is 23.8 Å². The average Bonchev–Trinajstić information content (AvgIpc) is 3.45. The predicted octanol–water partition coefficient (Wildman–Crippen LogP) is 4.81. The van der Waals surface area contributed by atoms with Crippen LogP contribution < -0.4 is 14.8 Å². The predicted molar refractivity (Wildman–Crippen MR) is 162 cm³/mol. The smallest absolute Gasteiger partial charge is 0.253 e. The fraction of sp³-hybridized carbons (Fsp3) is 0.375. The number of aromatic nitrogens is 3. The van der Waals surface area contributed by atoms with E-state index in [-0.39, 0.29) is 23.8 Å². The van der Waals surface area contributed by atoms with Gasteiger partial charge >= 0.3 is 0 Å². The lowest BCUT2D eigenvalue weighted by atomic mass is 9.95. The fourth-order valence-corrected chi connectivity index (χ4v) is 4.84. The molecule has 0 bridgehead atoms. The highest BCUT2D eigenvalue weighted by Gasteiger charge is 2.27. The molecule has 2 N–H and O–H groups in total. The average molecular weight is 574 g/mol. The SMILES string of the molecule is C\C=C(/C=C\C(=C/C)C(=O)N1CCC(C(=O)NC)CC1)Oc1cc(OC(C)COC)cc(-c2nc3ncccc3[nH]2)c1. The van der Waals surface area contributed by atoms with Gasteiger partial charge in [-0.3, -0.25) is 9.59 Å². The molecule has 3 aromatic rings. The first-order valence-electron chi connectivity index (χ1n) is 14.2. The number of imidazole rings is 1. The molecule has 3 heterocycles. The first kappa shape index (κ1) is 30.5. The lowest BCUT2D eigenvalue weighted by molar-refractivity contribution is -0.132. The second-order valence-electron chi connectivity index (χ2n) is 10.1. The van der Waals surface area contributed by atoms with Gasteiger partial charge in [-0.2, -0.15) is 0 Å². The Labute approximate surface area is 246 Å². The number of aromatic amines is 1. The number of carbonyl (C=O) groups excluding carboxylic acids is 2. The van der Waals surface area contributed by atoms with E-state index in [0.717, 1.165) is 11.1 Å². The molecule has 1 saturated heterocycles. The van der Waals surface area contributed by atoms with Crippen molar-refractivity contribution in [2.45, 2.75) is 39.7 Å². The molecule has 4 rings (SSSR count). The van der Waals surface area contributed by atoms with Crippen LogP contribution >= 0.6 is 0 Å². The van der Waals surface area contributed by atoms with Gasteiger partial charge in [0, 0.05) is 56.6 Å². The van der Waals surface area contributed by atoms with E-state index in [9.17, 15) is 9.59 Å². The maximum absolute atomic E-state index is 13.2. The molecule has 1 fully saturated rings. The van der Waals surface area contributed by atoms with Gasteiger partial charge in [0.1, 0.15) is 29.2 Å². The van der Waals surface area contributed by atoms with Gasteiger partial charge in [-0.25, -0.2) is 9.97 Å². The summed E-state index contributed by atoms with van der Waals surface area (Å²) in [6, 6.07) is 9.36. The fourth-order valence-electron chi connectivity index (χ4n) is 4.84. The number of benzene rings is 1. The van der Waals surface area contributed by atoms with E-state index < -0.39 is 0 Å². The van der Waals surface area contributed by atoms with Gasteiger partial charge in [0.25, 0.3) is 5.91 Å². The molecule has 1 aliphatic heterocycles. The zero-order chi connectivity index (χ0) is 30.1. The van der Waals surface area contributed by atoms with E-state index in [1.165, 1.54) is 0 Å². The summed E-state index contributed by atoms with van der Waals surface area (Å²) in [5, 5.41) is 2.70. The first-order valence-corrected chi connectivity index (χ1v) is 14.2. The van der Waals surface area contributed by atoms with Crippen LogP contribution in [0.15, 0.2) is 72.2 Å². The van der Waals surface area contributed by atoms with Crippen molar-refractivity contribution in [3.63, 3.8) is 0 Å². The maximum atomic E-state index is 13.2. The van der Waals surface area contributed by atoms with Crippen LogP contribution in [0.3, 0.4) is 0 Å². The van der Waals surface area contributed by atoms with Crippen molar-refractivity contribution >= 4 is 23.0 Å². The summed E-state index contributed by atoms with van der Waals surface area (Å²) in [5.41, 5.74) is 2.77. The number of rotatable bonds is 11. The number of piperidine rings is 1. The number of nitrogens with one attached hydrogen (secondary N) is 2. The Morgan fingerprint density at radius 2 is 1.90 bits per heavy atom. The summed E-state index contributed by atoms with van der Waals surface area (Å²) in [5.74, 6) is 2.25. The zero-order valence-corrected chi connectivity index (χ0v) is 24.8. The van der Waals surface area contributed by atoms with Crippen LogP contribution in [-0.4, -0.2) is 71.6 Å². The zero-order valence-electron chi connectivity index (χ0n) is 24.8. The number of allylic oxidation sites excluding steroid dienone is 3. The molecule has 2 amide bonds. The van der Waals surface area contributed by atoms with Crippen LogP contribution in [0.2, 0.25) is 0 Å². The first-order chi connectivity index (χ1) is 20.3. The minimum Gasteiger partial charge on any atom is -0.488 e. The standard InChI is InChI=1S/C32H39N5O5/c1-6-22(32(39)37-15-12-23(13-16-37)31(38)33-4)10-11-25(7-2)42-27-18-24(17-26(19-27)41-21(3)20-40-5)29-35-28-9-8-14-34-30(28)36-29/h6-11,14,17-19,21,23H,12-13,15-16,20H2,1-5H3,(H,33,38)(H,34,35,36)/b11-10-,22-6+,25-7+. The largest absolute Gasteiger partial charge is 0.488 e. The quantitative estimate of drug-likeness (QED) is 0.192. The Morgan fingerprint density at radius 1 is 1.14 bits per heavy atom. The van der Waals surface area contributed by atoms with Crippen molar-refractivity contribution in [2.24, 2.45) is 5.92 Å². The van der Waals surface area contributed by atoms with Crippen molar-refractivity contribution in [3.8, 4) is 22.9 Å². The maximum Gasteiger partial charge on any atom is 0.253 e. The third kappa shape index (κ3) is 7.64. The van der Waals surface area contributed by atoms with E-state index in [1.807, 2.05) is 57.2 Å². The number of ether oxygens (including phenoxy) is 3. The molecule has 222 valence electrons. The minimum atomic E-state index is -0.179. The van der Waals surface area contributed by atoms with Gasteiger partial charge in [-0.1, -0.05) is 6.08 Å². The number of likely N-dealkylation sites (tertiary alicyclic amines) is 1. The van der Waals surface area contributed by atoms with E-state index in [2.05, 4.69) is 20.3 Å². The summed E-state index contributed by atoms with van der Waals surface area (Å²) in [6.07, 6.45) is 9.98. The third-order valence-electron chi connectivity index (χ3n) is 7.05. The monoisotopic (exact) mass is 573 g/mol. The highest BCUT2D eigenvalue weighted by atomic mass is 16.5. The van der Waals surface area contributed by atoms with Gasteiger partial charge < -0.3 is 29.4 Å². The molecule has 42 heavy (non-hydrogen) atoms. The highest BCUT2D eigenvalue weighted by Crippen LogP contribution is 2.31. The topological polar surface area (TPSA) is 119 Å². The molecule has 1 unspecified atom stereocenters. The van der Waals surface area contributed by atoms with E-state index >= 15 is 0 Å². The van der Waals surface area contributed by atoms with Gasteiger partial charge in [-0.15, -0.1) is 0 Å². The molecule has 2 aromatic heterocycles. The number of amides is 2. The molecule has 0 saturated carbocycles. The molecule has 10 nitrogen and oxygen atoms in total. The van der Waals surface area contributed by atoms with Crippen LogP contribution in [0.5, 0.6) is 11.5 Å². The molecule has 0 aliphatic carbocycles. The summed E-state index contributed by atoms with van der Waals surface area (Å²) in [7, 11) is 3.28. The molecule has 10 heteroatoms. The normalized spacial score (nSPS) is 15.7. The second-order valence-corrected chi connectivity index (χ2v) is 10.1. The van der Waals surface area contributed by atoms with Gasteiger partial charge in [-0.05, 0) is 76.1 Å². The Bertz CT molecular complexity index is 1450. The number of fused-ring (bicyclic) bond motifs is 1.